The highest BCUT2D eigenvalue weighted by atomic mass is 16.7. The first kappa shape index (κ1) is 15.3. The number of pyridine rings is 1. The Morgan fingerprint density at radius 2 is 1.96 bits per heavy atom. The Kier molecular flexibility index (Phi) is 4.19. The van der Waals surface area contributed by atoms with Gasteiger partial charge >= 0.3 is 6.29 Å². The van der Waals surface area contributed by atoms with Crippen LogP contribution in [0.1, 0.15) is 31.5 Å². The Labute approximate surface area is 134 Å². The fraction of sp³-hybridized carbons (Fsp3) is 0.333. The maximum absolute atomic E-state index is 12.1. The van der Waals surface area contributed by atoms with Crippen molar-refractivity contribution in [3.05, 3.63) is 58.0 Å². The largest absolute Gasteiger partial charge is 0.444 e. The van der Waals surface area contributed by atoms with Gasteiger partial charge < -0.3 is 14.5 Å². The lowest BCUT2D eigenvalue weighted by Crippen LogP contribution is -2.30. The number of rotatable bonds is 5. The first-order valence-corrected chi connectivity index (χ1v) is 7.69. The standard InChI is InChI=1S/C18H19NO4/c1-11(2)8-14(20)18-22-15-10-13(19-17(21)16(15)23-18)9-12-6-4-3-5-7-12/h3-7,10-11,18H,8-9H2,1-2H3,(H,19,21). The molecule has 2 aromatic rings. The van der Waals surface area contributed by atoms with E-state index < -0.39 is 6.29 Å². The van der Waals surface area contributed by atoms with Crippen LogP contribution in [0.2, 0.25) is 0 Å². The average molecular weight is 313 g/mol. The van der Waals surface area contributed by atoms with E-state index in [9.17, 15) is 9.59 Å². The van der Waals surface area contributed by atoms with Gasteiger partial charge in [0.05, 0.1) is 0 Å². The fourth-order valence-electron chi connectivity index (χ4n) is 2.56. The third kappa shape index (κ3) is 3.44. The smallest absolute Gasteiger partial charge is 0.301 e. The predicted molar refractivity (Wildman–Crippen MR) is 85.8 cm³/mol. The van der Waals surface area contributed by atoms with Crippen LogP contribution in [0.5, 0.6) is 11.5 Å². The summed E-state index contributed by atoms with van der Waals surface area (Å²) in [7, 11) is 0. The molecule has 0 aliphatic carbocycles. The molecule has 120 valence electrons. The zero-order valence-electron chi connectivity index (χ0n) is 13.2. The minimum atomic E-state index is -1.01. The van der Waals surface area contributed by atoms with E-state index in [-0.39, 0.29) is 23.0 Å². The molecular formula is C18H19NO4. The lowest BCUT2D eigenvalue weighted by Gasteiger charge is -2.09. The molecule has 1 aromatic heterocycles. The fourth-order valence-corrected chi connectivity index (χ4v) is 2.56. The maximum atomic E-state index is 12.1. The monoisotopic (exact) mass is 313 g/mol. The number of hydrogen-bond donors (Lipinski definition) is 1. The van der Waals surface area contributed by atoms with E-state index in [0.717, 1.165) is 11.3 Å². The van der Waals surface area contributed by atoms with Crippen LogP contribution >= 0.6 is 0 Å². The molecule has 23 heavy (non-hydrogen) atoms. The maximum Gasteiger partial charge on any atom is 0.301 e. The van der Waals surface area contributed by atoms with Crippen molar-refractivity contribution in [2.45, 2.75) is 33.0 Å². The molecule has 1 aliphatic rings. The van der Waals surface area contributed by atoms with Crippen molar-refractivity contribution in [3.63, 3.8) is 0 Å². The summed E-state index contributed by atoms with van der Waals surface area (Å²) in [4.78, 5) is 27.0. The Morgan fingerprint density at radius 1 is 1.22 bits per heavy atom. The molecule has 0 fully saturated rings. The molecule has 1 aliphatic heterocycles. The lowest BCUT2D eigenvalue weighted by molar-refractivity contribution is -0.135. The molecule has 1 atom stereocenters. The van der Waals surface area contributed by atoms with E-state index in [1.165, 1.54) is 0 Å². The molecule has 1 aromatic carbocycles. The van der Waals surface area contributed by atoms with Crippen LogP contribution in [0, 0.1) is 5.92 Å². The number of nitrogens with one attached hydrogen (secondary N) is 1. The van der Waals surface area contributed by atoms with Crippen LogP contribution < -0.4 is 15.0 Å². The summed E-state index contributed by atoms with van der Waals surface area (Å²) < 4.78 is 10.9. The van der Waals surface area contributed by atoms with Crippen LogP contribution in [0.25, 0.3) is 0 Å². The number of benzene rings is 1. The zero-order valence-corrected chi connectivity index (χ0v) is 13.2. The highest BCUT2D eigenvalue weighted by Crippen LogP contribution is 2.32. The third-order valence-corrected chi connectivity index (χ3v) is 3.58. The second-order valence-corrected chi connectivity index (χ2v) is 6.11. The summed E-state index contributed by atoms with van der Waals surface area (Å²) >= 11 is 0. The SMILES string of the molecule is CC(C)CC(=O)C1Oc2cc(Cc3ccccc3)[nH]c(=O)c2O1. The first-order chi connectivity index (χ1) is 11.0. The van der Waals surface area contributed by atoms with Crippen LogP contribution in [0.3, 0.4) is 0 Å². The Hall–Kier alpha value is -2.56. The molecule has 5 heteroatoms. The number of ketones is 1. The van der Waals surface area contributed by atoms with E-state index in [4.69, 9.17) is 9.47 Å². The van der Waals surface area contributed by atoms with Gasteiger partial charge in [-0.25, -0.2) is 0 Å². The normalized spacial score (nSPS) is 15.9. The van der Waals surface area contributed by atoms with Gasteiger partial charge in [0.2, 0.25) is 11.5 Å². The summed E-state index contributed by atoms with van der Waals surface area (Å²) in [5.41, 5.74) is 1.43. The summed E-state index contributed by atoms with van der Waals surface area (Å²) in [5, 5.41) is 0. The minimum absolute atomic E-state index is 0.0870. The number of carbonyl (C=O) groups excluding carboxylic acids is 1. The number of carbonyl (C=O) groups is 1. The number of ether oxygens (including phenoxy) is 2. The Morgan fingerprint density at radius 3 is 2.65 bits per heavy atom. The molecule has 3 rings (SSSR count). The van der Waals surface area contributed by atoms with E-state index >= 15 is 0 Å². The second kappa shape index (κ2) is 6.28. The van der Waals surface area contributed by atoms with E-state index in [2.05, 4.69) is 4.98 Å². The molecule has 0 saturated carbocycles. The first-order valence-electron chi connectivity index (χ1n) is 7.69. The van der Waals surface area contributed by atoms with E-state index in [1.54, 1.807) is 6.07 Å². The van der Waals surface area contributed by atoms with Gasteiger partial charge in [-0.05, 0) is 11.5 Å². The van der Waals surface area contributed by atoms with Gasteiger partial charge in [0.25, 0.3) is 5.56 Å². The molecule has 0 saturated heterocycles. The molecule has 5 nitrogen and oxygen atoms in total. The molecule has 1 unspecified atom stereocenters. The molecular weight excluding hydrogens is 294 g/mol. The van der Waals surface area contributed by atoms with Crippen molar-refractivity contribution in [2.75, 3.05) is 0 Å². The molecule has 0 amide bonds. The topological polar surface area (TPSA) is 68.4 Å². The summed E-state index contributed by atoms with van der Waals surface area (Å²) in [6, 6.07) is 11.5. The van der Waals surface area contributed by atoms with Crippen molar-refractivity contribution in [1.29, 1.82) is 0 Å². The summed E-state index contributed by atoms with van der Waals surface area (Å²) in [5.74, 6) is 0.483. The highest BCUT2D eigenvalue weighted by molar-refractivity contribution is 5.83. The molecule has 1 N–H and O–H groups in total. The van der Waals surface area contributed by atoms with Gasteiger partial charge in [0, 0.05) is 24.6 Å². The van der Waals surface area contributed by atoms with Crippen molar-refractivity contribution in [2.24, 2.45) is 5.92 Å². The number of H-pyrrole nitrogens is 1. The Bertz CT molecular complexity index is 764. The van der Waals surface area contributed by atoms with Crippen molar-refractivity contribution < 1.29 is 14.3 Å². The van der Waals surface area contributed by atoms with Gasteiger partial charge in [0.1, 0.15) is 0 Å². The molecule has 0 bridgehead atoms. The van der Waals surface area contributed by atoms with Crippen LogP contribution in [-0.2, 0) is 11.2 Å². The second-order valence-electron chi connectivity index (χ2n) is 6.11. The van der Waals surface area contributed by atoms with Crippen molar-refractivity contribution >= 4 is 5.78 Å². The lowest BCUT2D eigenvalue weighted by atomic mass is 10.1. The van der Waals surface area contributed by atoms with Crippen LogP contribution in [-0.4, -0.2) is 17.1 Å². The number of Topliss-reactive ketones (excluding diaryl/α,β-unsaturated/α-hetero) is 1. The number of aromatic amines is 1. The molecule has 0 radical (unpaired) electrons. The summed E-state index contributed by atoms with van der Waals surface area (Å²) in [6.07, 6.45) is -0.0782. The third-order valence-electron chi connectivity index (χ3n) is 3.58. The zero-order chi connectivity index (χ0) is 16.4. The van der Waals surface area contributed by atoms with Gasteiger partial charge in [-0.2, -0.15) is 0 Å². The number of hydrogen-bond acceptors (Lipinski definition) is 4. The van der Waals surface area contributed by atoms with Gasteiger partial charge in [-0.3, -0.25) is 9.59 Å². The Balaban J connectivity index is 1.80. The average Bonchev–Trinajstić information content (AvgIpc) is 2.92. The van der Waals surface area contributed by atoms with Gasteiger partial charge in [-0.15, -0.1) is 0 Å². The summed E-state index contributed by atoms with van der Waals surface area (Å²) in [6.45, 7) is 3.90. The van der Waals surface area contributed by atoms with Gasteiger partial charge in [-0.1, -0.05) is 44.2 Å². The van der Waals surface area contributed by atoms with Crippen LogP contribution in [0.15, 0.2) is 41.2 Å². The van der Waals surface area contributed by atoms with Gasteiger partial charge in [0.15, 0.2) is 5.75 Å². The number of fused-ring (bicyclic) bond motifs is 1. The molecule has 2 heterocycles. The van der Waals surface area contributed by atoms with Crippen LogP contribution in [0.4, 0.5) is 0 Å². The van der Waals surface area contributed by atoms with E-state index in [0.29, 0.717) is 18.6 Å². The van der Waals surface area contributed by atoms with Crippen molar-refractivity contribution in [3.8, 4) is 11.5 Å². The minimum Gasteiger partial charge on any atom is -0.444 e. The van der Waals surface area contributed by atoms with E-state index in [1.807, 2.05) is 44.2 Å². The quantitative estimate of drug-likeness (QED) is 0.921. The highest BCUT2D eigenvalue weighted by Gasteiger charge is 2.33. The van der Waals surface area contributed by atoms with Crippen molar-refractivity contribution in [1.82, 2.24) is 4.98 Å². The number of aromatic nitrogens is 1. The predicted octanol–water partition coefficient (Wildman–Crippen LogP) is 2.68. The molecule has 0 spiro atoms.